The van der Waals surface area contributed by atoms with Gasteiger partial charge in [-0.15, -0.1) is 0 Å². The van der Waals surface area contributed by atoms with Gasteiger partial charge in [0.1, 0.15) is 19.3 Å². The lowest BCUT2D eigenvalue weighted by atomic mass is 10.0. The van der Waals surface area contributed by atoms with E-state index in [0.717, 1.165) is 24.4 Å². The van der Waals surface area contributed by atoms with E-state index in [1.165, 1.54) is 12.8 Å². The second-order valence-corrected chi connectivity index (χ2v) is 7.27. The van der Waals surface area contributed by atoms with E-state index >= 15 is 0 Å². The number of hydrogen-bond donors (Lipinski definition) is 2. The standard InChI is InChI=1S/C21H27N3O4/c22-17(14-24-8-1-2-9-24)20(28-21(25)16-4-3-7-23-13-16)15-5-6-18-19(12-15)27-11-10-26-18/h3-7,12-13,17,20-21,25H,1-2,8-11,14,22H2/t17-,20-,21?/m1/s1. The Labute approximate surface area is 165 Å². The number of pyridine rings is 1. The number of fused-ring (bicyclic) bond motifs is 1. The molecule has 1 unspecified atom stereocenters. The van der Waals surface area contributed by atoms with Gasteiger partial charge >= 0.3 is 0 Å². The zero-order valence-electron chi connectivity index (χ0n) is 15.9. The molecule has 7 nitrogen and oxygen atoms in total. The molecule has 2 aromatic rings. The first kappa shape index (κ1) is 19.1. The molecule has 4 rings (SSSR count). The maximum Gasteiger partial charge on any atom is 0.183 e. The number of hydrogen-bond acceptors (Lipinski definition) is 7. The topological polar surface area (TPSA) is 90.1 Å². The predicted molar refractivity (Wildman–Crippen MR) is 104 cm³/mol. The Morgan fingerprint density at radius 3 is 2.64 bits per heavy atom. The molecular weight excluding hydrogens is 358 g/mol. The van der Waals surface area contributed by atoms with Crippen molar-refractivity contribution in [3.8, 4) is 11.5 Å². The Kier molecular flexibility index (Phi) is 6.07. The van der Waals surface area contributed by atoms with Crippen molar-refractivity contribution in [3.63, 3.8) is 0 Å². The Morgan fingerprint density at radius 1 is 1.11 bits per heavy atom. The lowest BCUT2D eigenvalue weighted by Gasteiger charge is -2.30. The summed E-state index contributed by atoms with van der Waals surface area (Å²) in [5.74, 6) is 1.40. The number of benzene rings is 1. The number of aromatic nitrogens is 1. The van der Waals surface area contributed by atoms with E-state index in [9.17, 15) is 5.11 Å². The number of aliphatic hydroxyl groups excluding tert-OH is 1. The molecule has 0 amide bonds. The summed E-state index contributed by atoms with van der Waals surface area (Å²) in [6, 6.07) is 8.96. The fourth-order valence-electron chi connectivity index (χ4n) is 3.76. The molecule has 3 atom stereocenters. The highest BCUT2D eigenvalue weighted by molar-refractivity contribution is 5.44. The van der Waals surface area contributed by atoms with Crippen molar-refractivity contribution in [2.24, 2.45) is 5.73 Å². The van der Waals surface area contributed by atoms with Crippen LogP contribution in [0, 0.1) is 0 Å². The van der Waals surface area contributed by atoms with Crippen LogP contribution in [0.4, 0.5) is 0 Å². The van der Waals surface area contributed by atoms with Crippen molar-refractivity contribution >= 4 is 0 Å². The van der Waals surface area contributed by atoms with E-state index in [-0.39, 0.29) is 6.04 Å². The maximum atomic E-state index is 10.6. The van der Waals surface area contributed by atoms with Gasteiger partial charge in [0.05, 0.1) is 0 Å². The molecule has 2 aliphatic heterocycles. The first-order chi connectivity index (χ1) is 13.7. The number of nitrogens with zero attached hydrogens (tertiary/aromatic N) is 2. The van der Waals surface area contributed by atoms with Gasteiger partial charge in [0.2, 0.25) is 0 Å². The molecule has 1 saturated heterocycles. The van der Waals surface area contributed by atoms with Crippen LogP contribution in [0.1, 0.15) is 36.4 Å². The van der Waals surface area contributed by atoms with Gasteiger partial charge in [0, 0.05) is 30.5 Å². The highest BCUT2D eigenvalue weighted by Crippen LogP contribution is 2.36. The van der Waals surface area contributed by atoms with E-state index < -0.39 is 12.4 Å². The van der Waals surface area contributed by atoms with E-state index in [0.29, 0.717) is 31.1 Å². The predicted octanol–water partition coefficient (Wildman–Crippen LogP) is 2.02. The number of ether oxygens (including phenoxy) is 3. The van der Waals surface area contributed by atoms with Gasteiger partial charge in [-0.05, 0) is 49.7 Å². The first-order valence-corrected chi connectivity index (χ1v) is 9.81. The van der Waals surface area contributed by atoms with Gasteiger partial charge in [0.25, 0.3) is 0 Å². The van der Waals surface area contributed by atoms with Crippen molar-refractivity contribution in [3.05, 3.63) is 53.9 Å². The van der Waals surface area contributed by atoms with Crippen LogP contribution in [-0.2, 0) is 4.74 Å². The molecule has 7 heteroatoms. The molecule has 1 aromatic carbocycles. The summed E-state index contributed by atoms with van der Waals surface area (Å²) < 4.78 is 17.4. The quantitative estimate of drug-likeness (QED) is 0.705. The maximum absolute atomic E-state index is 10.6. The molecule has 3 N–H and O–H groups in total. The van der Waals surface area contributed by atoms with Gasteiger partial charge in [0.15, 0.2) is 17.8 Å². The van der Waals surface area contributed by atoms with Crippen molar-refractivity contribution in [1.29, 1.82) is 0 Å². The highest BCUT2D eigenvalue weighted by Gasteiger charge is 2.28. The second-order valence-electron chi connectivity index (χ2n) is 7.27. The molecule has 0 saturated carbocycles. The van der Waals surface area contributed by atoms with Crippen LogP contribution < -0.4 is 15.2 Å². The van der Waals surface area contributed by atoms with Crippen LogP contribution in [0.5, 0.6) is 11.5 Å². The summed E-state index contributed by atoms with van der Waals surface area (Å²) in [6.45, 7) is 3.86. The third-order valence-electron chi connectivity index (χ3n) is 5.20. The molecule has 28 heavy (non-hydrogen) atoms. The van der Waals surface area contributed by atoms with Gasteiger partial charge in [-0.2, -0.15) is 0 Å². The number of aliphatic hydroxyl groups is 1. The summed E-state index contributed by atoms with van der Waals surface area (Å²) >= 11 is 0. The van der Waals surface area contributed by atoms with Crippen molar-refractivity contribution in [1.82, 2.24) is 9.88 Å². The summed E-state index contributed by atoms with van der Waals surface area (Å²) in [5.41, 5.74) is 8.02. The Balaban J connectivity index is 1.57. The molecule has 0 bridgehead atoms. The Bertz CT molecular complexity index is 768. The van der Waals surface area contributed by atoms with Crippen LogP contribution in [-0.4, -0.2) is 53.9 Å². The first-order valence-electron chi connectivity index (χ1n) is 9.81. The van der Waals surface area contributed by atoms with E-state index in [1.807, 2.05) is 18.2 Å². The largest absolute Gasteiger partial charge is 0.486 e. The van der Waals surface area contributed by atoms with Crippen LogP contribution in [0.2, 0.25) is 0 Å². The van der Waals surface area contributed by atoms with Crippen LogP contribution in [0.15, 0.2) is 42.7 Å². The minimum Gasteiger partial charge on any atom is -0.486 e. The zero-order valence-corrected chi connectivity index (χ0v) is 15.9. The van der Waals surface area contributed by atoms with Gasteiger partial charge in [-0.3, -0.25) is 4.98 Å². The zero-order chi connectivity index (χ0) is 19.3. The van der Waals surface area contributed by atoms with E-state index in [1.54, 1.807) is 24.5 Å². The molecule has 0 aliphatic carbocycles. The number of rotatable bonds is 7. The molecular formula is C21H27N3O4. The lowest BCUT2D eigenvalue weighted by Crippen LogP contribution is -2.41. The molecule has 1 fully saturated rings. The lowest BCUT2D eigenvalue weighted by molar-refractivity contribution is -0.149. The summed E-state index contributed by atoms with van der Waals surface area (Å²) in [6.07, 6.45) is 4.04. The smallest absolute Gasteiger partial charge is 0.183 e. The average molecular weight is 385 g/mol. The van der Waals surface area contributed by atoms with Crippen LogP contribution in [0.3, 0.4) is 0 Å². The van der Waals surface area contributed by atoms with Crippen LogP contribution >= 0.6 is 0 Å². The monoisotopic (exact) mass is 385 g/mol. The molecule has 1 aromatic heterocycles. The molecule has 0 radical (unpaired) electrons. The Hall–Kier alpha value is -2.19. The van der Waals surface area contributed by atoms with Crippen molar-refractivity contribution < 1.29 is 19.3 Å². The van der Waals surface area contributed by atoms with E-state index in [4.69, 9.17) is 19.9 Å². The van der Waals surface area contributed by atoms with Crippen LogP contribution in [0.25, 0.3) is 0 Å². The SMILES string of the molecule is N[C@H](CN1CCCC1)[C@H](OC(O)c1cccnc1)c1ccc2c(c1)OCCO2. The normalized spacial score (nSPS) is 19.9. The third-order valence-corrected chi connectivity index (χ3v) is 5.20. The summed E-state index contributed by atoms with van der Waals surface area (Å²) in [7, 11) is 0. The van der Waals surface area contributed by atoms with E-state index in [2.05, 4.69) is 9.88 Å². The van der Waals surface area contributed by atoms with Crippen molar-refractivity contribution in [2.75, 3.05) is 32.8 Å². The molecule has 150 valence electrons. The Morgan fingerprint density at radius 2 is 1.89 bits per heavy atom. The minimum atomic E-state index is -1.11. The fraction of sp³-hybridized carbons (Fsp3) is 0.476. The molecule has 2 aliphatic rings. The van der Waals surface area contributed by atoms with Gasteiger partial charge < -0.3 is 30.0 Å². The summed E-state index contributed by atoms with van der Waals surface area (Å²) in [5, 5.41) is 10.6. The second kappa shape index (κ2) is 8.87. The fourth-order valence-corrected chi connectivity index (χ4v) is 3.76. The van der Waals surface area contributed by atoms with Crippen molar-refractivity contribution in [2.45, 2.75) is 31.3 Å². The molecule has 0 spiro atoms. The number of nitrogens with two attached hydrogens (primary N) is 1. The third kappa shape index (κ3) is 4.44. The summed E-state index contributed by atoms with van der Waals surface area (Å²) in [4.78, 5) is 6.40. The number of likely N-dealkylation sites (tertiary alicyclic amines) is 1. The van der Waals surface area contributed by atoms with Gasteiger partial charge in [-0.25, -0.2) is 0 Å². The molecule has 3 heterocycles. The average Bonchev–Trinajstić information content (AvgIpc) is 3.25. The minimum absolute atomic E-state index is 0.299. The highest BCUT2D eigenvalue weighted by atomic mass is 16.6. The van der Waals surface area contributed by atoms with Gasteiger partial charge in [-0.1, -0.05) is 12.1 Å².